The fourth-order valence-electron chi connectivity index (χ4n) is 4.14. The Kier molecular flexibility index (Phi) is 4.22. The minimum atomic E-state index is -3.21. The summed E-state index contributed by atoms with van der Waals surface area (Å²) in [7, 11) is -3.21. The lowest BCUT2D eigenvalue weighted by atomic mass is 9.87. The summed E-state index contributed by atoms with van der Waals surface area (Å²) in [6, 6.07) is 0.228. The van der Waals surface area contributed by atoms with Crippen molar-refractivity contribution < 1.29 is 18.3 Å². The maximum atomic E-state index is 11.9. The van der Waals surface area contributed by atoms with Crippen LogP contribution in [-0.4, -0.2) is 71.7 Å². The van der Waals surface area contributed by atoms with E-state index in [0.717, 1.165) is 19.3 Å². The summed E-state index contributed by atoms with van der Waals surface area (Å²) in [5, 5.41) is 10.3. The fourth-order valence-corrected chi connectivity index (χ4v) is 5.70. The number of amides is 1. The lowest BCUT2D eigenvalue weighted by molar-refractivity contribution is -0.131. The second kappa shape index (κ2) is 5.74. The van der Waals surface area contributed by atoms with E-state index >= 15 is 0 Å². The van der Waals surface area contributed by atoms with Gasteiger partial charge in [0.1, 0.15) is 5.54 Å². The van der Waals surface area contributed by atoms with Crippen LogP contribution < -0.4 is 5.73 Å². The van der Waals surface area contributed by atoms with Gasteiger partial charge in [-0.25, -0.2) is 8.42 Å². The van der Waals surface area contributed by atoms with Crippen molar-refractivity contribution >= 4 is 15.9 Å². The van der Waals surface area contributed by atoms with Gasteiger partial charge in [0.25, 0.3) is 0 Å². The van der Waals surface area contributed by atoms with E-state index in [9.17, 15) is 18.3 Å². The first-order chi connectivity index (χ1) is 10.3. The van der Waals surface area contributed by atoms with Gasteiger partial charge in [0, 0.05) is 25.7 Å². The Balaban J connectivity index is 1.68. The quantitative estimate of drug-likeness (QED) is 0.678. The molecule has 125 valence electrons. The van der Waals surface area contributed by atoms with Crippen molar-refractivity contribution in [3.8, 4) is 0 Å². The molecule has 1 unspecified atom stereocenters. The van der Waals surface area contributed by atoms with E-state index in [1.54, 1.807) is 0 Å². The predicted octanol–water partition coefficient (Wildman–Crippen LogP) is -0.931. The van der Waals surface area contributed by atoms with Crippen LogP contribution in [0.15, 0.2) is 0 Å². The number of primary amides is 1. The molecule has 1 amide bonds. The number of nitrogens with zero attached hydrogens (tertiary/aromatic N) is 2. The van der Waals surface area contributed by atoms with Crippen LogP contribution in [-0.2, 0) is 14.8 Å². The topological polar surface area (TPSA) is 104 Å². The van der Waals surface area contributed by atoms with E-state index in [1.807, 2.05) is 4.90 Å². The average molecular weight is 330 g/mol. The number of hydrogen-bond acceptors (Lipinski definition) is 5. The zero-order valence-corrected chi connectivity index (χ0v) is 13.5. The molecule has 0 aromatic carbocycles. The maximum absolute atomic E-state index is 11.9. The zero-order chi connectivity index (χ0) is 16.0. The van der Waals surface area contributed by atoms with Gasteiger partial charge >= 0.3 is 0 Å². The van der Waals surface area contributed by atoms with Crippen LogP contribution in [0, 0.1) is 6.42 Å². The second-order valence-electron chi connectivity index (χ2n) is 6.65. The van der Waals surface area contributed by atoms with Crippen LogP contribution in [0.5, 0.6) is 0 Å². The molecule has 22 heavy (non-hydrogen) atoms. The summed E-state index contributed by atoms with van der Waals surface area (Å²) in [6.45, 7) is 0.870. The van der Waals surface area contributed by atoms with E-state index in [2.05, 4.69) is 6.42 Å². The van der Waals surface area contributed by atoms with Crippen LogP contribution in [0.4, 0.5) is 0 Å². The van der Waals surface area contributed by atoms with Gasteiger partial charge in [-0.15, -0.1) is 0 Å². The predicted molar refractivity (Wildman–Crippen MR) is 81.2 cm³/mol. The number of sulfonamides is 1. The molecule has 2 bridgehead atoms. The Morgan fingerprint density at radius 3 is 2.86 bits per heavy atom. The molecule has 3 aliphatic heterocycles. The molecule has 3 heterocycles. The molecule has 3 N–H and O–H groups in total. The van der Waals surface area contributed by atoms with Crippen LogP contribution in [0.3, 0.4) is 0 Å². The van der Waals surface area contributed by atoms with Crippen molar-refractivity contribution in [1.82, 2.24) is 9.21 Å². The largest absolute Gasteiger partial charge is 0.390 e. The number of fused-ring (bicyclic) bond motifs is 2. The van der Waals surface area contributed by atoms with Gasteiger partial charge in [-0.05, 0) is 38.5 Å². The lowest BCUT2D eigenvalue weighted by Crippen LogP contribution is -2.60. The van der Waals surface area contributed by atoms with Gasteiger partial charge in [-0.2, -0.15) is 4.31 Å². The summed E-state index contributed by atoms with van der Waals surface area (Å²) < 4.78 is 25.0. The van der Waals surface area contributed by atoms with Crippen molar-refractivity contribution in [1.29, 1.82) is 0 Å². The lowest BCUT2D eigenvalue weighted by Gasteiger charge is -2.43. The highest BCUT2D eigenvalue weighted by molar-refractivity contribution is 7.89. The molecular weight excluding hydrogens is 306 g/mol. The number of piperidine rings is 1. The fraction of sp³-hybridized carbons (Fsp3) is 0.857. The van der Waals surface area contributed by atoms with Gasteiger partial charge in [0.15, 0.2) is 0 Å². The third-order valence-electron chi connectivity index (χ3n) is 5.29. The first-order valence-electron chi connectivity index (χ1n) is 7.89. The molecule has 7 nitrogen and oxygen atoms in total. The Bertz CT molecular complexity index is 548. The third kappa shape index (κ3) is 2.66. The SMILES string of the molecule is NC(=O)[C@]12C[CH]C[C@H](CC1)N2CC(O)CN1CCCS1(=O)=O. The Labute approximate surface area is 131 Å². The number of β-amino-alcohol motifs (C(OH)–C–C–N with tert-alkyl or cyclic N) is 1. The van der Waals surface area contributed by atoms with E-state index < -0.39 is 21.7 Å². The molecule has 1 radical (unpaired) electrons. The van der Waals surface area contributed by atoms with Crippen LogP contribution in [0.2, 0.25) is 0 Å². The number of aliphatic hydroxyl groups is 1. The summed E-state index contributed by atoms with van der Waals surface area (Å²) in [4.78, 5) is 14.0. The molecule has 8 heteroatoms. The summed E-state index contributed by atoms with van der Waals surface area (Å²) in [5.41, 5.74) is 4.94. The smallest absolute Gasteiger partial charge is 0.237 e. The highest BCUT2D eigenvalue weighted by atomic mass is 32.2. The first kappa shape index (κ1) is 16.2. The molecule has 3 aliphatic rings. The van der Waals surface area contributed by atoms with Crippen molar-refractivity contribution in [3.05, 3.63) is 6.42 Å². The van der Waals surface area contributed by atoms with Crippen molar-refractivity contribution in [2.45, 2.75) is 49.8 Å². The Hall–Kier alpha value is -0.700. The number of hydrogen-bond donors (Lipinski definition) is 2. The average Bonchev–Trinajstić information content (AvgIpc) is 2.84. The monoisotopic (exact) mass is 330 g/mol. The van der Waals surface area contributed by atoms with Crippen LogP contribution >= 0.6 is 0 Å². The molecule has 0 spiro atoms. The first-order valence-corrected chi connectivity index (χ1v) is 9.50. The van der Waals surface area contributed by atoms with Gasteiger partial charge in [-0.1, -0.05) is 0 Å². The zero-order valence-electron chi connectivity index (χ0n) is 12.6. The number of carbonyl (C=O) groups excluding carboxylic acids is 1. The minimum Gasteiger partial charge on any atom is -0.390 e. The van der Waals surface area contributed by atoms with Gasteiger partial charge < -0.3 is 10.8 Å². The third-order valence-corrected chi connectivity index (χ3v) is 7.21. The number of carbonyl (C=O) groups is 1. The Morgan fingerprint density at radius 1 is 1.45 bits per heavy atom. The molecular formula is C14H24N3O4S. The normalized spacial score (nSPS) is 36.5. The van der Waals surface area contributed by atoms with Crippen LogP contribution in [0.1, 0.15) is 32.1 Å². The Morgan fingerprint density at radius 2 is 2.23 bits per heavy atom. The van der Waals surface area contributed by atoms with Gasteiger partial charge in [0.05, 0.1) is 11.9 Å². The summed E-state index contributed by atoms with van der Waals surface area (Å²) in [6.07, 6.45) is 5.05. The minimum absolute atomic E-state index is 0.101. The molecule has 3 saturated heterocycles. The number of aliphatic hydroxyl groups excluding tert-OH is 1. The van der Waals surface area contributed by atoms with Crippen LogP contribution in [0.25, 0.3) is 0 Å². The van der Waals surface area contributed by atoms with E-state index in [-0.39, 0.29) is 24.2 Å². The molecule has 3 atom stereocenters. The number of nitrogens with two attached hydrogens (primary N) is 1. The van der Waals surface area contributed by atoms with Crippen molar-refractivity contribution in [2.24, 2.45) is 5.73 Å². The van der Waals surface area contributed by atoms with Gasteiger partial charge in [-0.3, -0.25) is 9.69 Å². The molecule has 0 aromatic heterocycles. The van der Waals surface area contributed by atoms with E-state index in [0.29, 0.717) is 25.9 Å². The highest BCUT2D eigenvalue weighted by Gasteiger charge is 2.53. The standard InChI is InChI=1S/C14H24N3O4S/c15-13(19)14-5-1-3-11(4-6-14)17(14)10-12(18)9-16-7-2-8-22(16,20)21/h1,11-12,18H,2-10H2,(H2,15,19)/t11-,12?,14+/m1/s1. The maximum Gasteiger partial charge on any atom is 0.237 e. The second-order valence-corrected chi connectivity index (χ2v) is 8.74. The molecule has 0 saturated carbocycles. The summed E-state index contributed by atoms with van der Waals surface area (Å²) in [5.74, 6) is -0.182. The van der Waals surface area contributed by atoms with Crippen molar-refractivity contribution in [3.63, 3.8) is 0 Å². The summed E-state index contributed by atoms with van der Waals surface area (Å²) >= 11 is 0. The van der Waals surface area contributed by atoms with Gasteiger partial charge in [0.2, 0.25) is 15.9 Å². The molecule has 3 rings (SSSR count). The van der Waals surface area contributed by atoms with E-state index in [4.69, 9.17) is 5.73 Å². The molecule has 0 aromatic rings. The highest BCUT2D eigenvalue weighted by Crippen LogP contribution is 2.43. The van der Waals surface area contributed by atoms with E-state index in [1.165, 1.54) is 4.31 Å². The molecule has 0 aliphatic carbocycles. The van der Waals surface area contributed by atoms with Crippen molar-refractivity contribution in [2.75, 3.05) is 25.4 Å². The molecule has 3 fully saturated rings. The number of rotatable bonds is 5.